The summed E-state index contributed by atoms with van der Waals surface area (Å²) in [6, 6.07) is 3.60. The SMILES string of the molecule is N#Cc1cc(N)cnc1NCCc1ncno1. The molecule has 7 heteroatoms. The fourth-order valence-corrected chi connectivity index (χ4v) is 1.30. The van der Waals surface area contributed by atoms with Gasteiger partial charge >= 0.3 is 0 Å². The van der Waals surface area contributed by atoms with Gasteiger partial charge in [-0.05, 0) is 6.07 Å². The van der Waals surface area contributed by atoms with Crippen molar-refractivity contribution in [3.8, 4) is 6.07 Å². The van der Waals surface area contributed by atoms with Crippen LogP contribution in [-0.4, -0.2) is 21.7 Å². The standard InChI is InChI=1S/C10H10N6O/c11-4-7-3-8(12)5-14-10(7)13-2-1-9-15-6-16-17-9/h3,5-6H,1-2,12H2,(H,13,14). The summed E-state index contributed by atoms with van der Waals surface area (Å²) >= 11 is 0. The van der Waals surface area contributed by atoms with Crippen molar-refractivity contribution >= 4 is 11.5 Å². The molecular weight excluding hydrogens is 220 g/mol. The van der Waals surface area contributed by atoms with Crippen LogP contribution in [0.25, 0.3) is 0 Å². The van der Waals surface area contributed by atoms with Crippen LogP contribution in [0.2, 0.25) is 0 Å². The van der Waals surface area contributed by atoms with E-state index in [4.69, 9.17) is 15.5 Å². The van der Waals surface area contributed by atoms with Gasteiger partial charge in [0.25, 0.3) is 0 Å². The van der Waals surface area contributed by atoms with Gasteiger partial charge in [0.15, 0.2) is 6.33 Å². The first-order valence-corrected chi connectivity index (χ1v) is 4.94. The van der Waals surface area contributed by atoms with Crippen molar-refractivity contribution in [2.75, 3.05) is 17.6 Å². The molecule has 17 heavy (non-hydrogen) atoms. The number of nitrogens with two attached hydrogens (primary N) is 1. The molecule has 0 atom stereocenters. The number of nitrogen functional groups attached to an aromatic ring is 1. The van der Waals surface area contributed by atoms with Crippen molar-refractivity contribution in [2.45, 2.75) is 6.42 Å². The van der Waals surface area contributed by atoms with E-state index in [1.165, 1.54) is 12.5 Å². The van der Waals surface area contributed by atoms with E-state index < -0.39 is 0 Å². The van der Waals surface area contributed by atoms with E-state index in [1.807, 2.05) is 6.07 Å². The Bertz CT molecular complexity index is 530. The maximum absolute atomic E-state index is 8.90. The van der Waals surface area contributed by atoms with Gasteiger partial charge in [-0.15, -0.1) is 0 Å². The van der Waals surface area contributed by atoms with E-state index in [1.54, 1.807) is 6.07 Å². The van der Waals surface area contributed by atoms with Crippen LogP contribution in [0.3, 0.4) is 0 Å². The van der Waals surface area contributed by atoms with Crippen LogP contribution in [0, 0.1) is 11.3 Å². The zero-order valence-electron chi connectivity index (χ0n) is 8.92. The minimum absolute atomic E-state index is 0.413. The van der Waals surface area contributed by atoms with E-state index in [0.717, 1.165) is 0 Å². The molecule has 0 radical (unpaired) electrons. The third kappa shape index (κ3) is 2.69. The molecule has 0 aliphatic carbocycles. The summed E-state index contributed by atoms with van der Waals surface area (Å²) in [6.07, 6.45) is 3.41. The van der Waals surface area contributed by atoms with E-state index >= 15 is 0 Å². The lowest BCUT2D eigenvalue weighted by Gasteiger charge is -2.05. The molecule has 3 N–H and O–H groups in total. The second kappa shape index (κ2) is 4.94. The zero-order chi connectivity index (χ0) is 12.1. The molecule has 2 aromatic rings. The first-order chi connectivity index (χ1) is 8.29. The summed E-state index contributed by atoms with van der Waals surface area (Å²) in [5.74, 6) is 1.03. The second-order valence-electron chi connectivity index (χ2n) is 3.29. The Hall–Kier alpha value is -2.62. The Morgan fingerprint density at radius 1 is 1.47 bits per heavy atom. The molecule has 0 saturated carbocycles. The quantitative estimate of drug-likeness (QED) is 0.789. The highest BCUT2D eigenvalue weighted by Crippen LogP contribution is 2.13. The van der Waals surface area contributed by atoms with Crippen LogP contribution in [0.1, 0.15) is 11.5 Å². The van der Waals surface area contributed by atoms with Gasteiger partial charge in [-0.1, -0.05) is 5.16 Å². The van der Waals surface area contributed by atoms with E-state index in [2.05, 4.69) is 20.4 Å². The largest absolute Gasteiger partial charge is 0.397 e. The molecule has 2 heterocycles. The molecule has 7 nitrogen and oxygen atoms in total. The smallest absolute Gasteiger partial charge is 0.228 e. The Kier molecular flexibility index (Phi) is 3.16. The Morgan fingerprint density at radius 3 is 3.06 bits per heavy atom. The van der Waals surface area contributed by atoms with Crippen LogP contribution in [0.5, 0.6) is 0 Å². The fourth-order valence-electron chi connectivity index (χ4n) is 1.30. The summed E-state index contributed by atoms with van der Waals surface area (Å²) in [7, 11) is 0. The molecular formula is C10H10N6O. The molecule has 0 bridgehead atoms. The van der Waals surface area contributed by atoms with Crippen LogP contribution in [0.15, 0.2) is 23.1 Å². The minimum atomic E-state index is 0.413. The predicted octanol–water partition coefficient (Wildman–Crippen LogP) is 0.573. The molecule has 0 amide bonds. The monoisotopic (exact) mass is 230 g/mol. The summed E-state index contributed by atoms with van der Waals surface area (Å²) in [5.41, 5.74) is 6.41. The molecule has 0 aliphatic heterocycles. The van der Waals surface area contributed by atoms with Crippen molar-refractivity contribution in [1.29, 1.82) is 5.26 Å². The summed E-state index contributed by atoms with van der Waals surface area (Å²) in [5, 5.41) is 15.4. The van der Waals surface area contributed by atoms with E-state index in [9.17, 15) is 0 Å². The van der Waals surface area contributed by atoms with Gasteiger partial charge in [-0.2, -0.15) is 10.2 Å². The molecule has 0 spiro atoms. The van der Waals surface area contributed by atoms with Gasteiger partial charge in [0, 0.05) is 13.0 Å². The first-order valence-electron chi connectivity index (χ1n) is 4.94. The van der Waals surface area contributed by atoms with E-state index in [-0.39, 0.29) is 0 Å². The van der Waals surface area contributed by atoms with Crippen molar-refractivity contribution in [3.05, 3.63) is 30.0 Å². The summed E-state index contributed by atoms with van der Waals surface area (Å²) in [6.45, 7) is 0.549. The summed E-state index contributed by atoms with van der Waals surface area (Å²) in [4.78, 5) is 7.92. The van der Waals surface area contributed by atoms with Gasteiger partial charge in [0.2, 0.25) is 5.89 Å². The first kappa shape index (κ1) is 10.9. The minimum Gasteiger partial charge on any atom is -0.397 e. The molecule has 86 valence electrons. The van der Waals surface area contributed by atoms with Gasteiger partial charge in [-0.25, -0.2) is 4.98 Å². The normalized spacial score (nSPS) is 9.82. The fraction of sp³-hybridized carbons (Fsp3) is 0.200. The van der Waals surface area contributed by atoms with Crippen LogP contribution in [-0.2, 0) is 6.42 Å². The van der Waals surface area contributed by atoms with Crippen molar-refractivity contribution in [1.82, 2.24) is 15.1 Å². The maximum Gasteiger partial charge on any atom is 0.228 e. The molecule has 0 fully saturated rings. The average molecular weight is 230 g/mol. The third-order valence-corrected chi connectivity index (χ3v) is 2.07. The number of nitrogens with one attached hydrogen (secondary N) is 1. The number of nitrogens with zero attached hydrogens (tertiary/aromatic N) is 4. The number of hydrogen-bond acceptors (Lipinski definition) is 7. The van der Waals surface area contributed by atoms with Gasteiger partial charge in [0.05, 0.1) is 17.4 Å². The Balaban J connectivity index is 1.97. The molecule has 0 saturated heterocycles. The molecule has 0 unspecified atom stereocenters. The number of anilines is 2. The van der Waals surface area contributed by atoms with Crippen LogP contribution >= 0.6 is 0 Å². The van der Waals surface area contributed by atoms with Gasteiger partial charge < -0.3 is 15.6 Å². The number of nitriles is 1. The third-order valence-electron chi connectivity index (χ3n) is 2.07. The highest BCUT2D eigenvalue weighted by atomic mass is 16.5. The molecule has 0 aromatic carbocycles. The Labute approximate surface area is 97.3 Å². The highest BCUT2D eigenvalue weighted by Gasteiger charge is 2.04. The second-order valence-corrected chi connectivity index (χ2v) is 3.29. The van der Waals surface area contributed by atoms with Crippen molar-refractivity contribution in [2.24, 2.45) is 0 Å². The zero-order valence-corrected chi connectivity index (χ0v) is 8.92. The lowest BCUT2D eigenvalue weighted by molar-refractivity contribution is 0.379. The topological polar surface area (TPSA) is 114 Å². The maximum atomic E-state index is 8.90. The number of rotatable bonds is 4. The molecule has 2 aromatic heterocycles. The number of hydrogen-bond donors (Lipinski definition) is 2. The number of aromatic nitrogens is 3. The predicted molar refractivity (Wildman–Crippen MR) is 59.9 cm³/mol. The van der Waals surface area contributed by atoms with Crippen molar-refractivity contribution < 1.29 is 4.52 Å². The lowest BCUT2D eigenvalue weighted by atomic mass is 10.2. The average Bonchev–Trinajstić information content (AvgIpc) is 2.84. The highest BCUT2D eigenvalue weighted by molar-refractivity contribution is 5.57. The van der Waals surface area contributed by atoms with Gasteiger partial charge in [0.1, 0.15) is 11.9 Å². The number of pyridine rings is 1. The van der Waals surface area contributed by atoms with Gasteiger partial charge in [-0.3, -0.25) is 0 Å². The summed E-state index contributed by atoms with van der Waals surface area (Å²) < 4.78 is 4.84. The lowest BCUT2D eigenvalue weighted by Crippen LogP contribution is -2.08. The van der Waals surface area contributed by atoms with Crippen LogP contribution < -0.4 is 11.1 Å². The van der Waals surface area contributed by atoms with Crippen molar-refractivity contribution in [3.63, 3.8) is 0 Å². The van der Waals surface area contributed by atoms with E-state index in [0.29, 0.717) is 35.9 Å². The molecule has 0 aliphatic rings. The Morgan fingerprint density at radius 2 is 2.35 bits per heavy atom. The molecule has 2 rings (SSSR count). The van der Waals surface area contributed by atoms with Crippen LogP contribution in [0.4, 0.5) is 11.5 Å².